The van der Waals surface area contributed by atoms with Crippen LogP contribution in [0, 0.1) is 5.92 Å². The van der Waals surface area contributed by atoms with Crippen LogP contribution in [-0.4, -0.2) is 39.8 Å². The number of halogens is 2. The number of aliphatic carboxylic acids is 1. The van der Waals surface area contributed by atoms with E-state index in [1.54, 1.807) is 30.4 Å². The number of benzene rings is 1. The van der Waals surface area contributed by atoms with Crippen LogP contribution in [0.15, 0.2) is 24.3 Å². The van der Waals surface area contributed by atoms with E-state index in [1.165, 1.54) is 0 Å². The zero-order valence-corrected chi connectivity index (χ0v) is 15.1. The normalized spacial score (nSPS) is 12.5. The first-order valence-corrected chi connectivity index (χ1v) is 8.31. The highest BCUT2D eigenvalue weighted by Gasteiger charge is 2.28. The highest BCUT2D eigenvalue weighted by Crippen LogP contribution is 2.20. The molecule has 1 amide bonds. The van der Waals surface area contributed by atoms with E-state index >= 15 is 0 Å². The Morgan fingerprint density at radius 1 is 1.17 bits per heavy atom. The Labute approximate surface area is 151 Å². The molecule has 24 heavy (non-hydrogen) atoms. The first-order chi connectivity index (χ1) is 11.2. The van der Waals surface area contributed by atoms with Crippen LogP contribution in [0.2, 0.25) is 10.0 Å². The van der Waals surface area contributed by atoms with Gasteiger partial charge in [0.25, 0.3) is 0 Å². The number of rotatable bonds is 8. The van der Waals surface area contributed by atoms with Crippen LogP contribution in [0.25, 0.3) is 6.08 Å². The van der Waals surface area contributed by atoms with E-state index in [0.717, 1.165) is 10.5 Å². The maximum atomic E-state index is 11.5. The molecule has 2 N–H and O–H groups in total. The largest absolute Gasteiger partial charge is 0.480 e. The van der Waals surface area contributed by atoms with Gasteiger partial charge >= 0.3 is 12.1 Å². The molecule has 0 aliphatic carbocycles. The summed E-state index contributed by atoms with van der Waals surface area (Å²) in [6, 6.07) is 3.84. The second-order valence-corrected chi connectivity index (χ2v) is 6.73. The topological polar surface area (TPSA) is 77.8 Å². The Bertz CT molecular complexity index is 596. The third-order valence-electron chi connectivity index (χ3n) is 3.41. The van der Waals surface area contributed by atoms with E-state index < -0.39 is 18.1 Å². The van der Waals surface area contributed by atoms with Gasteiger partial charge < -0.3 is 10.2 Å². The average Bonchev–Trinajstić information content (AvgIpc) is 2.43. The van der Waals surface area contributed by atoms with Crippen molar-refractivity contribution in [3.8, 4) is 0 Å². The SMILES string of the molecule is CC(C)CCN(C(=O)O)C(CC=Cc1cc(Cl)cc(Cl)c1)C(=O)O. The fourth-order valence-electron chi connectivity index (χ4n) is 2.15. The molecule has 0 aliphatic heterocycles. The van der Waals surface area contributed by atoms with Crippen LogP contribution in [-0.2, 0) is 4.79 Å². The summed E-state index contributed by atoms with van der Waals surface area (Å²) in [6.45, 7) is 4.10. The molecule has 1 atom stereocenters. The lowest BCUT2D eigenvalue weighted by molar-refractivity contribution is -0.142. The minimum Gasteiger partial charge on any atom is -0.480 e. The average molecular weight is 374 g/mol. The zero-order chi connectivity index (χ0) is 18.3. The van der Waals surface area contributed by atoms with Crippen molar-refractivity contribution in [3.05, 3.63) is 39.9 Å². The van der Waals surface area contributed by atoms with Crippen molar-refractivity contribution in [2.45, 2.75) is 32.7 Å². The molecular weight excluding hydrogens is 353 g/mol. The number of hydrogen-bond acceptors (Lipinski definition) is 2. The lowest BCUT2D eigenvalue weighted by Gasteiger charge is -2.26. The summed E-state index contributed by atoms with van der Waals surface area (Å²) < 4.78 is 0. The Hall–Kier alpha value is -1.72. The van der Waals surface area contributed by atoms with Crippen LogP contribution in [0.3, 0.4) is 0 Å². The molecule has 0 fully saturated rings. The molecule has 0 saturated carbocycles. The Kier molecular flexibility index (Phi) is 8.08. The number of carbonyl (C=O) groups is 2. The Morgan fingerprint density at radius 2 is 1.75 bits per heavy atom. The molecule has 0 saturated heterocycles. The second kappa shape index (κ2) is 9.55. The van der Waals surface area contributed by atoms with Crippen molar-refractivity contribution in [1.82, 2.24) is 4.90 Å². The van der Waals surface area contributed by atoms with Crippen molar-refractivity contribution in [2.75, 3.05) is 6.54 Å². The highest BCUT2D eigenvalue weighted by molar-refractivity contribution is 6.34. The van der Waals surface area contributed by atoms with Gasteiger partial charge in [-0.2, -0.15) is 0 Å². The molecular formula is C17H21Cl2NO4. The molecule has 0 bridgehead atoms. The van der Waals surface area contributed by atoms with Gasteiger partial charge in [-0.15, -0.1) is 0 Å². The number of hydrogen-bond donors (Lipinski definition) is 2. The van der Waals surface area contributed by atoms with Crippen molar-refractivity contribution in [2.24, 2.45) is 5.92 Å². The van der Waals surface area contributed by atoms with E-state index in [4.69, 9.17) is 23.2 Å². The first kappa shape index (κ1) is 20.3. The lowest BCUT2D eigenvalue weighted by Crippen LogP contribution is -2.45. The lowest BCUT2D eigenvalue weighted by atomic mass is 10.1. The molecule has 0 spiro atoms. The third kappa shape index (κ3) is 6.81. The molecule has 0 aromatic heterocycles. The summed E-state index contributed by atoms with van der Waals surface area (Å²) in [5, 5.41) is 19.6. The molecule has 132 valence electrons. The second-order valence-electron chi connectivity index (χ2n) is 5.85. The van der Waals surface area contributed by atoms with Gasteiger partial charge in [0.15, 0.2) is 0 Å². The molecule has 1 rings (SSSR count). The van der Waals surface area contributed by atoms with Gasteiger partial charge in [0.2, 0.25) is 0 Å². The van der Waals surface area contributed by atoms with E-state index in [-0.39, 0.29) is 18.9 Å². The smallest absolute Gasteiger partial charge is 0.408 e. The van der Waals surface area contributed by atoms with Gasteiger partial charge in [-0.25, -0.2) is 9.59 Å². The van der Waals surface area contributed by atoms with Crippen molar-refractivity contribution < 1.29 is 19.8 Å². The van der Waals surface area contributed by atoms with Crippen molar-refractivity contribution in [1.29, 1.82) is 0 Å². The van der Waals surface area contributed by atoms with Gasteiger partial charge in [-0.3, -0.25) is 4.90 Å². The molecule has 1 aromatic carbocycles. The zero-order valence-electron chi connectivity index (χ0n) is 13.6. The van der Waals surface area contributed by atoms with Crippen LogP contribution < -0.4 is 0 Å². The highest BCUT2D eigenvalue weighted by atomic mass is 35.5. The van der Waals surface area contributed by atoms with Gasteiger partial charge in [-0.05, 0) is 42.5 Å². The maximum Gasteiger partial charge on any atom is 0.408 e. The molecule has 1 aromatic rings. The monoisotopic (exact) mass is 373 g/mol. The summed E-state index contributed by atoms with van der Waals surface area (Å²) in [5.74, 6) is -0.889. The fourth-order valence-corrected chi connectivity index (χ4v) is 2.69. The third-order valence-corrected chi connectivity index (χ3v) is 3.85. The Balaban J connectivity index is 2.85. The number of carboxylic acid groups (broad SMARTS) is 2. The molecule has 0 aliphatic rings. The minimum atomic E-state index is -1.23. The van der Waals surface area contributed by atoms with Gasteiger partial charge in [-0.1, -0.05) is 49.2 Å². The quantitative estimate of drug-likeness (QED) is 0.680. The maximum absolute atomic E-state index is 11.5. The molecule has 1 unspecified atom stereocenters. The van der Waals surface area contributed by atoms with Crippen LogP contribution in [0.4, 0.5) is 4.79 Å². The van der Waals surface area contributed by atoms with Crippen molar-refractivity contribution in [3.63, 3.8) is 0 Å². The Morgan fingerprint density at radius 3 is 2.21 bits per heavy atom. The van der Waals surface area contributed by atoms with Crippen LogP contribution in [0.5, 0.6) is 0 Å². The van der Waals surface area contributed by atoms with E-state index in [1.807, 2.05) is 13.8 Å². The van der Waals surface area contributed by atoms with Crippen LogP contribution >= 0.6 is 23.2 Å². The number of carboxylic acids is 1. The summed E-state index contributed by atoms with van der Waals surface area (Å²) >= 11 is 11.8. The van der Waals surface area contributed by atoms with Crippen LogP contribution in [0.1, 0.15) is 32.3 Å². The fraction of sp³-hybridized carbons (Fsp3) is 0.412. The van der Waals surface area contributed by atoms with E-state index in [9.17, 15) is 19.8 Å². The predicted molar refractivity (Wildman–Crippen MR) is 95.7 cm³/mol. The van der Waals surface area contributed by atoms with E-state index in [2.05, 4.69) is 0 Å². The van der Waals surface area contributed by atoms with E-state index in [0.29, 0.717) is 16.5 Å². The summed E-state index contributed by atoms with van der Waals surface area (Å²) in [7, 11) is 0. The van der Waals surface area contributed by atoms with Gasteiger partial charge in [0, 0.05) is 16.6 Å². The standard InChI is InChI=1S/C17H21Cl2NO4/c1-11(2)6-7-20(17(23)24)15(16(21)22)5-3-4-12-8-13(18)10-14(19)9-12/h3-4,8-11,15H,5-7H2,1-2H3,(H,21,22)(H,23,24). The van der Waals surface area contributed by atoms with Gasteiger partial charge in [0.1, 0.15) is 6.04 Å². The predicted octanol–water partition coefficient (Wildman–Crippen LogP) is 4.88. The summed E-state index contributed by atoms with van der Waals surface area (Å²) in [6.07, 6.45) is 2.72. The first-order valence-electron chi connectivity index (χ1n) is 7.55. The molecule has 5 nitrogen and oxygen atoms in total. The number of nitrogens with zero attached hydrogens (tertiary/aromatic N) is 1. The number of amides is 1. The van der Waals surface area contributed by atoms with Gasteiger partial charge in [0.05, 0.1) is 0 Å². The summed E-state index contributed by atoms with van der Waals surface area (Å²) in [5.41, 5.74) is 0.723. The molecule has 0 heterocycles. The molecule has 0 radical (unpaired) electrons. The molecule has 7 heteroatoms. The minimum absolute atomic E-state index is 0.0594. The summed E-state index contributed by atoms with van der Waals surface area (Å²) in [4.78, 5) is 23.8. The van der Waals surface area contributed by atoms with Crippen molar-refractivity contribution >= 4 is 41.3 Å².